The fraction of sp³-hybridized carbons (Fsp3) is 0. The molecule has 5 aromatic rings. The average Bonchev–Trinajstić information content (AvgIpc) is 2.58. The zero-order valence-electron chi connectivity index (χ0n) is 12.5. The average molecular weight is 313 g/mol. The summed E-state index contributed by atoms with van der Waals surface area (Å²) in [4.78, 5) is 11.0. The summed E-state index contributed by atoms with van der Waals surface area (Å²) in [6.07, 6.45) is 0. The van der Waals surface area contributed by atoms with E-state index in [4.69, 9.17) is 0 Å². The Labute approximate surface area is 136 Å². The molecule has 0 aliphatic carbocycles. The van der Waals surface area contributed by atoms with Crippen molar-refractivity contribution in [2.45, 2.75) is 0 Å². The summed E-state index contributed by atoms with van der Waals surface area (Å²) in [6.45, 7) is 0. The van der Waals surface area contributed by atoms with Gasteiger partial charge >= 0.3 is 0 Å². The number of phenolic OH excluding ortho intramolecular Hbond substituents is 1. The molecule has 5 rings (SSSR count). The van der Waals surface area contributed by atoms with Gasteiger partial charge in [-0.15, -0.1) is 0 Å². The Morgan fingerprint density at radius 1 is 0.708 bits per heavy atom. The van der Waals surface area contributed by atoms with Crippen LogP contribution in [-0.2, 0) is 0 Å². The standard InChI is InChI=1S/C20H11NO3/c22-14-4-5-15-13(10-14)9-12-2-1-11-3-8-18(21(23)24)17-7-6-16(15)20(12)19(11)17/h1-10,22H. The van der Waals surface area contributed by atoms with Gasteiger partial charge in [-0.25, -0.2) is 0 Å². The van der Waals surface area contributed by atoms with Crippen LogP contribution in [0.25, 0.3) is 43.1 Å². The van der Waals surface area contributed by atoms with Crippen molar-refractivity contribution in [2.75, 3.05) is 0 Å². The maximum Gasteiger partial charge on any atom is 0.277 e. The minimum atomic E-state index is -0.331. The maximum absolute atomic E-state index is 11.4. The first-order valence-electron chi connectivity index (χ1n) is 7.61. The van der Waals surface area contributed by atoms with E-state index in [1.54, 1.807) is 24.3 Å². The van der Waals surface area contributed by atoms with Gasteiger partial charge in [-0.3, -0.25) is 10.1 Å². The van der Waals surface area contributed by atoms with Gasteiger partial charge in [-0.05, 0) is 62.6 Å². The lowest BCUT2D eigenvalue weighted by atomic mass is 9.90. The summed E-state index contributed by atoms with van der Waals surface area (Å²) in [5, 5.41) is 28.8. The Bertz CT molecular complexity index is 1290. The summed E-state index contributed by atoms with van der Waals surface area (Å²) in [6, 6.07) is 18.5. The highest BCUT2D eigenvalue weighted by molar-refractivity contribution is 6.30. The summed E-state index contributed by atoms with van der Waals surface area (Å²) >= 11 is 0. The second kappa shape index (κ2) is 4.32. The number of nitrogens with zero attached hydrogens (tertiary/aromatic N) is 1. The van der Waals surface area contributed by atoms with Crippen LogP contribution in [-0.4, -0.2) is 10.0 Å². The number of hydrogen-bond acceptors (Lipinski definition) is 3. The Hall–Kier alpha value is -3.40. The lowest BCUT2D eigenvalue weighted by molar-refractivity contribution is -0.383. The van der Waals surface area contributed by atoms with Crippen molar-refractivity contribution in [3.05, 3.63) is 70.8 Å². The van der Waals surface area contributed by atoms with Crippen molar-refractivity contribution in [3.8, 4) is 5.75 Å². The second-order valence-corrected chi connectivity index (χ2v) is 6.05. The summed E-state index contributed by atoms with van der Waals surface area (Å²) < 4.78 is 0. The van der Waals surface area contributed by atoms with Gasteiger partial charge in [0.2, 0.25) is 0 Å². The highest BCUT2D eigenvalue weighted by Crippen LogP contribution is 2.41. The van der Waals surface area contributed by atoms with Gasteiger partial charge in [0.25, 0.3) is 5.69 Å². The number of nitro groups is 1. The molecule has 0 aliphatic rings. The molecule has 0 spiro atoms. The molecule has 0 aromatic heterocycles. The molecule has 0 amide bonds. The molecule has 5 aromatic carbocycles. The number of rotatable bonds is 1. The molecule has 0 atom stereocenters. The molecule has 4 heteroatoms. The van der Waals surface area contributed by atoms with E-state index in [-0.39, 0.29) is 16.4 Å². The van der Waals surface area contributed by atoms with E-state index < -0.39 is 0 Å². The first-order chi connectivity index (χ1) is 11.6. The lowest BCUT2D eigenvalue weighted by Crippen LogP contribution is -1.92. The Morgan fingerprint density at radius 3 is 2.21 bits per heavy atom. The number of hydrogen-bond donors (Lipinski definition) is 1. The van der Waals surface area contributed by atoms with Gasteiger partial charge in [-0.1, -0.05) is 24.3 Å². The van der Waals surface area contributed by atoms with Crippen LogP contribution >= 0.6 is 0 Å². The Balaban J connectivity index is 2.11. The fourth-order valence-electron chi connectivity index (χ4n) is 3.75. The van der Waals surface area contributed by atoms with E-state index in [1.165, 1.54) is 0 Å². The maximum atomic E-state index is 11.4. The highest BCUT2D eigenvalue weighted by atomic mass is 16.6. The molecule has 24 heavy (non-hydrogen) atoms. The molecular weight excluding hydrogens is 302 g/mol. The number of phenols is 1. The van der Waals surface area contributed by atoms with Crippen LogP contribution in [0.5, 0.6) is 5.75 Å². The van der Waals surface area contributed by atoms with Crippen LogP contribution in [0.3, 0.4) is 0 Å². The van der Waals surface area contributed by atoms with Gasteiger partial charge in [0.1, 0.15) is 5.75 Å². The quantitative estimate of drug-likeness (QED) is 0.196. The van der Waals surface area contributed by atoms with Gasteiger partial charge in [0, 0.05) is 11.5 Å². The number of nitro benzene ring substituents is 1. The number of benzene rings is 5. The van der Waals surface area contributed by atoms with E-state index in [0.29, 0.717) is 5.39 Å². The third-order valence-electron chi connectivity index (χ3n) is 4.75. The van der Waals surface area contributed by atoms with E-state index in [0.717, 1.165) is 37.7 Å². The fourth-order valence-corrected chi connectivity index (χ4v) is 3.75. The topological polar surface area (TPSA) is 63.4 Å². The predicted octanol–water partition coefficient (Wildman–Crippen LogP) is 5.35. The lowest BCUT2D eigenvalue weighted by Gasteiger charge is -2.13. The largest absolute Gasteiger partial charge is 0.508 e. The van der Waals surface area contributed by atoms with E-state index in [9.17, 15) is 15.2 Å². The summed E-state index contributed by atoms with van der Waals surface area (Å²) in [7, 11) is 0. The van der Waals surface area contributed by atoms with Crippen LogP contribution in [0.4, 0.5) is 5.69 Å². The molecule has 1 N–H and O–H groups in total. The van der Waals surface area contributed by atoms with Crippen LogP contribution in [0, 0.1) is 10.1 Å². The number of non-ortho nitro benzene ring substituents is 1. The van der Waals surface area contributed by atoms with Crippen molar-refractivity contribution >= 4 is 48.8 Å². The van der Waals surface area contributed by atoms with Gasteiger partial charge in [-0.2, -0.15) is 0 Å². The van der Waals surface area contributed by atoms with E-state index in [2.05, 4.69) is 0 Å². The van der Waals surface area contributed by atoms with Crippen molar-refractivity contribution in [1.29, 1.82) is 0 Å². The number of fused-ring (bicyclic) bond motifs is 2. The third kappa shape index (κ3) is 1.57. The van der Waals surface area contributed by atoms with Crippen molar-refractivity contribution in [2.24, 2.45) is 0 Å². The highest BCUT2D eigenvalue weighted by Gasteiger charge is 2.17. The van der Waals surface area contributed by atoms with Gasteiger partial charge in [0.15, 0.2) is 0 Å². The molecule has 0 unspecified atom stereocenters. The van der Waals surface area contributed by atoms with Crippen LogP contribution in [0.15, 0.2) is 60.7 Å². The molecule has 0 saturated heterocycles. The molecule has 0 radical (unpaired) electrons. The predicted molar refractivity (Wildman–Crippen MR) is 96.0 cm³/mol. The minimum absolute atomic E-state index is 0.128. The first kappa shape index (κ1) is 13.1. The summed E-state index contributed by atoms with van der Waals surface area (Å²) in [5.41, 5.74) is 0.128. The third-order valence-corrected chi connectivity index (χ3v) is 4.75. The Morgan fingerprint density at radius 2 is 1.38 bits per heavy atom. The molecule has 4 nitrogen and oxygen atoms in total. The minimum Gasteiger partial charge on any atom is -0.508 e. The number of aromatic hydroxyl groups is 1. The zero-order chi connectivity index (χ0) is 16.4. The molecule has 0 fully saturated rings. The van der Waals surface area contributed by atoms with Crippen LogP contribution in [0.2, 0.25) is 0 Å². The normalized spacial score (nSPS) is 11.8. The molecular formula is C20H11NO3. The molecule has 0 aliphatic heterocycles. The van der Waals surface area contributed by atoms with Crippen LogP contribution < -0.4 is 0 Å². The van der Waals surface area contributed by atoms with Crippen molar-refractivity contribution in [3.63, 3.8) is 0 Å². The Kier molecular flexibility index (Phi) is 2.36. The van der Waals surface area contributed by atoms with E-state index >= 15 is 0 Å². The van der Waals surface area contributed by atoms with E-state index in [1.807, 2.05) is 36.4 Å². The first-order valence-corrected chi connectivity index (χ1v) is 7.61. The molecule has 0 saturated carbocycles. The van der Waals surface area contributed by atoms with Gasteiger partial charge in [0.05, 0.1) is 10.3 Å². The monoisotopic (exact) mass is 313 g/mol. The molecule has 0 bridgehead atoms. The summed E-state index contributed by atoms with van der Waals surface area (Å²) in [5.74, 6) is 0.228. The van der Waals surface area contributed by atoms with Crippen LogP contribution in [0.1, 0.15) is 0 Å². The van der Waals surface area contributed by atoms with Crippen molar-refractivity contribution < 1.29 is 10.0 Å². The van der Waals surface area contributed by atoms with Gasteiger partial charge < -0.3 is 5.11 Å². The zero-order valence-corrected chi connectivity index (χ0v) is 12.5. The smallest absolute Gasteiger partial charge is 0.277 e. The SMILES string of the molecule is O=[N+]([O-])c1ccc2ccc3cc4cc(O)ccc4c4ccc1c2c34. The molecule has 114 valence electrons. The van der Waals surface area contributed by atoms with Crippen molar-refractivity contribution in [1.82, 2.24) is 0 Å². The molecule has 0 heterocycles. The second-order valence-electron chi connectivity index (χ2n) is 6.05.